The summed E-state index contributed by atoms with van der Waals surface area (Å²) in [6, 6.07) is 9.07. The Morgan fingerprint density at radius 2 is 1.97 bits per heavy atom. The van der Waals surface area contributed by atoms with Crippen molar-refractivity contribution in [1.29, 1.82) is 0 Å². The van der Waals surface area contributed by atoms with E-state index in [0.29, 0.717) is 28.8 Å². The van der Waals surface area contributed by atoms with Crippen molar-refractivity contribution in [2.24, 2.45) is 0 Å². The smallest absolute Gasteiger partial charge is 0.339 e. The summed E-state index contributed by atoms with van der Waals surface area (Å²) in [6.07, 6.45) is 0.622. The number of carbonyl (C=O) groups is 2. The zero-order valence-corrected chi connectivity index (χ0v) is 18.5. The fourth-order valence-electron chi connectivity index (χ4n) is 3.54. The van der Waals surface area contributed by atoms with Crippen molar-refractivity contribution < 1.29 is 23.8 Å². The number of nitrogens with two attached hydrogens (primary N) is 1. The fourth-order valence-corrected chi connectivity index (χ4v) is 3.54. The van der Waals surface area contributed by atoms with E-state index in [2.05, 4.69) is 10.3 Å². The van der Waals surface area contributed by atoms with Crippen LogP contribution in [0.2, 0.25) is 0 Å². The van der Waals surface area contributed by atoms with E-state index in [-0.39, 0.29) is 23.4 Å². The van der Waals surface area contributed by atoms with Crippen LogP contribution in [0, 0.1) is 12.7 Å². The van der Waals surface area contributed by atoms with Crippen LogP contribution in [-0.2, 0) is 6.42 Å². The molecule has 0 saturated carbocycles. The Hall–Kier alpha value is -3.68. The minimum atomic E-state index is -1.16. The SMILES string of the molecule is CCc1ccc2nc(C)c(C(=O)O)c(N)c2c1OCC(C)(C)NC(=O)c1cccc(F)c1. The van der Waals surface area contributed by atoms with Gasteiger partial charge in [0.2, 0.25) is 0 Å². The topological polar surface area (TPSA) is 115 Å². The first-order valence-electron chi connectivity index (χ1n) is 10.2. The van der Waals surface area contributed by atoms with E-state index < -0.39 is 23.2 Å². The predicted octanol–water partition coefficient (Wildman–Crippen LogP) is 4.11. The number of benzene rings is 2. The minimum Gasteiger partial charge on any atom is -0.490 e. The molecular weight excluding hydrogens is 413 g/mol. The second-order valence-electron chi connectivity index (χ2n) is 8.23. The summed E-state index contributed by atoms with van der Waals surface area (Å²) in [5, 5.41) is 12.8. The number of rotatable bonds is 7. The molecule has 2 aromatic carbocycles. The molecule has 4 N–H and O–H groups in total. The highest BCUT2D eigenvalue weighted by molar-refractivity contribution is 6.07. The van der Waals surface area contributed by atoms with Crippen molar-refractivity contribution in [1.82, 2.24) is 10.3 Å². The Balaban J connectivity index is 1.94. The van der Waals surface area contributed by atoms with Gasteiger partial charge in [-0.25, -0.2) is 9.18 Å². The molecule has 0 unspecified atom stereocenters. The highest BCUT2D eigenvalue weighted by Crippen LogP contribution is 2.37. The van der Waals surface area contributed by atoms with Gasteiger partial charge in [-0.2, -0.15) is 0 Å². The fraction of sp³-hybridized carbons (Fsp3) is 0.292. The van der Waals surface area contributed by atoms with E-state index in [1.807, 2.05) is 13.0 Å². The van der Waals surface area contributed by atoms with Crippen molar-refractivity contribution in [2.75, 3.05) is 12.3 Å². The van der Waals surface area contributed by atoms with E-state index >= 15 is 0 Å². The van der Waals surface area contributed by atoms with Crippen LogP contribution in [0.15, 0.2) is 36.4 Å². The van der Waals surface area contributed by atoms with Gasteiger partial charge in [-0.3, -0.25) is 9.78 Å². The number of hydrogen-bond acceptors (Lipinski definition) is 5. The van der Waals surface area contributed by atoms with Crippen molar-refractivity contribution in [2.45, 2.75) is 39.7 Å². The molecule has 0 bridgehead atoms. The van der Waals surface area contributed by atoms with Crippen LogP contribution >= 0.6 is 0 Å². The number of nitrogen functional groups attached to an aromatic ring is 1. The van der Waals surface area contributed by atoms with Crippen LogP contribution in [-0.4, -0.2) is 34.1 Å². The monoisotopic (exact) mass is 439 g/mol. The summed E-state index contributed by atoms with van der Waals surface area (Å²) in [5.41, 5.74) is 7.34. The van der Waals surface area contributed by atoms with Crippen molar-refractivity contribution in [3.05, 3.63) is 64.6 Å². The Morgan fingerprint density at radius 3 is 2.59 bits per heavy atom. The molecule has 0 fully saturated rings. The first kappa shape index (κ1) is 23.0. The normalized spacial score (nSPS) is 11.4. The molecule has 1 aromatic heterocycles. The van der Waals surface area contributed by atoms with E-state index in [0.717, 1.165) is 11.6 Å². The Morgan fingerprint density at radius 1 is 1.25 bits per heavy atom. The Labute approximate surface area is 185 Å². The predicted molar refractivity (Wildman–Crippen MR) is 121 cm³/mol. The van der Waals surface area contributed by atoms with E-state index in [9.17, 15) is 19.1 Å². The third-order valence-electron chi connectivity index (χ3n) is 5.12. The molecule has 8 heteroatoms. The lowest BCUT2D eigenvalue weighted by atomic mass is 10.0. The number of fused-ring (bicyclic) bond motifs is 1. The second-order valence-corrected chi connectivity index (χ2v) is 8.23. The third-order valence-corrected chi connectivity index (χ3v) is 5.12. The highest BCUT2D eigenvalue weighted by atomic mass is 19.1. The van der Waals surface area contributed by atoms with E-state index in [1.165, 1.54) is 18.2 Å². The lowest BCUT2D eigenvalue weighted by molar-refractivity contribution is 0.0696. The van der Waals surface area contributed by atoms with Gasteiger partial charge in [0.15, 0.2) is 0 Å². The Kier molecular flexibility index (Phi) is 6.34. The summed E-state index contributed by atoms with van der Waals surface area (Å²) < 4.78 is 19.6. The number of hydrogen-bond donors (Lipinski definition) is 3. The molecule has 168 valence electrons. The van der Waals surface area contributed by atoms with Crippen LogP contribution in [0.1, 0.15) is 52.7 Å². The third kappa shape index (κ3) is 4.64. The van der Waals surface area contributed by atoms with Gasteiger partial charge in [0, 0.05) is 5.56 Å². The van der Waals surface area contributed by atoms with E-state index in [4.69, 9.17) is 10.5 Å². The number of carboxylic acid groups (broad SMARTS) is 1. The maximum atomic E-state index is 13.5. The molecule has 0 atom stereocenters. The van der Waals surface area contributed by atoms with Gasteiger partial charge in [-0.15, -0.1) is 0 Å². The number of aryl methyl sites for hydroxylation is 2. The molecule has 0 aliphatic rings. The quantitative estimate of drug-likeness (QED) is 0.510. The summed E-state index contributed by atoms with van der Waals surface area (Å²) in [6.45, 7) is 7.15. The van der Waals surface area contributed by atoms with Crippen LogP contribution < -0.4 is 15.8 Å². The summed E-state index contributed by atoms with van der Waals surface area (Å²) >= 11 is 0. The minimum absolute atomic E-state index is 0.0609. The van der Waals surface area contributed by atoms with Crippen molar-refractivity contribution >= 4 is 28.5 Å². The molecule has 0 aliphatic heterocycles. The number of ether oxygens (including phenoxy) is 1. The Bertz CT molecular complexity index is 1210. The number of nitrogens with zero attached hydrogens (tertiary/aromatic N) is 1. The van der Waals surface area contributed by atoms with Crippen LogP contribution in [0.4, 0.5) is 10.1 Å². The standard InChI is InChI=1S/C24H26FN3O4/c1-5-14-9-10-17-19(20(26)18(23(30)31)13(2)27-17)21(14)32-12-24(3,4)28-22(29)15-7-6-8-16(25)11-15/h6-11H,5,12H2,1-4H3,(H2,26,27)(H,28,29)(H,30,31). The molecule has 7 nitrogen and oxygen atoms in total. The van der Waals surface area contributed by atoms with Gasteiger partial charge in [-0.1, -0.05) is 19.1 Å². The van der Waals surface area contributed by atoms with Crippen LogP contribution in [0.5, 0.6) is 5.75 Å². The summed E-state index contributed by atoms with van der Waals surface area (Å²) in [4.78, 5) is 28.6. The number of pyridine rings is 1. The zero-order chi connectivity index (χ0) is 23.6. The first-order chi connectivity index (χ1) is 15.0. The number of halogens is 1. The van der Waals surface area contributed by atoms with Crippen molar-refractivity contribution in [3.63, 3.8) is 0 Å². The lowest BCUT2D eigenvalue weighted by Crippen LogP contribution is -2.48. The molecule has 0 aliphatic carbocycles. The molecule has 0 saturated heterocycles. The van der Waals surface area contributed by atoms with Gasteiger partial charge in [0.05, 0.1) is 27.8 Å². The van der Waals surface area contributed by atoms with Gasteiger partial charge in [0.25, 0.3) is 5.91 Å². The van der Waals surface area contributed by atoms with Crippen molar-refractivity contribution in [3.8, 4) is 5.75 Å². The highest BCUT2D eigenvalue weighted by Gasteiger charge is 2.25. The average molecular weight is 439 g/mol. The molecule has 3 rings (SSSR count). The molecule has 0 radical (unpaired) electrons. The molecular formula is C24H26FN3O4. The lowest BCUT2D eigenvalue weighted by Gasteiger charge is -2.27. The van der Waals surface area contributed by atoms with Crippen LogP contribution in [0.25, 0.3) is 10.9 Å². The number of nitrogens with one attached hydrogen (secondary N) is 1. The largest absolute Gasteiger partial charge is 0.490 e. The van der Waals surface area contributed by atoms with Gasteiger partial charge >= 0.3 is 5.97 Å². The number of aromatic carboxylic acids is 1. The number of carbonyl (C=O) groups excluding carboxylic acids is 1. The van der Waals surface area contributed by atoms with E-state index in [1.54, 1.807) is 26.8 Å². The molecule has 32 heavy (non-hydrogen) atoms. The first-order valence-corrected chi connectivity index (χ1v) is 10.2. The molecule has 3 aromatic rings. The van der Waals surface area contributed by atoms with Gasteiger partial charge in [0.1, 0.15) is 23.7 Å². The van der Waals surface area contributed by atoms with Gasteiger partial charge < -0.3 is 20.9 Å². The maximum Gasteiger partial charge on any atom is 0.339 e. The molecule has 0 spiro atoms. The molecule has 1 heterocycles. The molecule has 1 amide bonds. The van der Waals surface area contributed by atoms with Gasteiger partial charge in [-0.05, 0) is 57.0 Å². The second kappa shape index (κ2) is 8.82. The average Bonchev–Trinajstić information content (AvgIpc) is 2.71. The number of aromatic nitrogens is 1. The number of anilines is 1. The van der Waals surface area contributed by atoms with Crippen LogP contribution in [0.3, 0.4) is 0 Å². The summed E-state index contributed by atoms with van der Waals surface area (Å²) in [7, 11) is 0. The zero-order valence-electron chi connectivity index (χ0n) is 18.5. The summed E-state index contributed by atoms with van der Waals surface area (Å²) in [5.74, 6) is -1.66. The number of amides is 1. The maximum absolute atomic E-state index is 13.5. The number of carboxylic acids is 1.